The Bertz CT molecular complexity index is 7.51. The maximum atomic E-state index is 0. The zero-order chi connectivity index (χ0) is 0. The molecule has 0 unspecified atom stereocenters. The minimum absolute atomic E-state index is 0. The van der Waals surface area contributed by atoms with Crippen LogP contribution in [0.4, 0.5) is 0 Å². The van der Waals surface area contributed by atoms with Gasteiger partial charge in [-0.2, -0.15) is 0 Å². The molecule has 4 nitrogen and oxygen atoms in total. The molecule has 0 aromatic rings. The van der Waals surface area contributed by atoms with Crippen molar-refractivity contribution < 1.29 is 38.4 Å². The second-order valence-electron chi connectivity index (χ2n) is 0. The number of hydrogen-bond donors (Lipinski definition) is 0. The average molecular weight is 151 g/mol. The Morgan fingerprint density at radius 3 is 0.500 bits per heavy atom. The molecular formula is H4MgNiO4. The van der Waals surface area contributed by atoms with Gasteiger partial charge in [0.05, 0.1) is 0 Å². The maximum absolute atomic E-state index is 0. The summed E-state index contributed by atoms with van der Waals surface area (Å²) in [5.41, 5.74) is 0. The number of rotatable bonds is 0. The summed E-state index contributed by atoms with van der Waals surface area (Å²) in [6, 6.07) is 0. The first-order valence-corrected chi connectivity index (χ1v) is 0. The second-order valence-corrected chi connectivity index (χ2v) is 0. The molecule has 0 radical (unpaired) electrons. The van der Waals surface area contributed by atoms with Crippen molar-refractivity contribution in [1.82, 2.24) is 0 Å². The van der Waals surface area contributed by atoms with Gasteiger partial charge >= 0.3 is 39.5 Å². The summed E-state index contributed by atoms with van der Waals surface area (Å²) in [6.45, 7) is 0. The van der Waals surface area contributed by atoms with Gasteiger partial charge in [-0.3, -0.25) is 0 Å². The molecule has 0 atom stereocenters. The summed E-state index contributed by atoms with van der Waals surface area (Å²) in [4.78, 5) is 0. The average Bonchev–Trinajstić information content (AvgIpc) is 0. The molecule has 0 rings (SSSR count). The van der Waals surface area contributed by atoms with Gasteiger partial charge in [0, 0.05) is 0 Å². The normalized spacial score (nSPS) is 0. The van der Waals surface area contributed by atoms with Gasteiger partial charge in [-0.1, -0.05) is 0 Å². The molecule has 0 fully saturated rings. The Morgan fingerprint density at radius 1 is 0.500 bits per heavy atom. The third kappa shape index (κ3) is 70.9. The van der Waals surface area contributed by atoms with Crippen LogP contribution in [0.5, 0.6) is 0 Å². The Labute approximate surface area is 61.6 Å². The number of hydrogen-bond acceptors (Lipinski definition) is 4. The van der Waals surface area contributed by atoms with Gasteiger partial charge in [0.15, 0.2) is 0 Å². The minimum atomic E-state index is 0. The fourth-order valence-electron chi connectivity index (χ4n) is 0. The van der Waals surface area contributed by atoms with Crippen molar-refractivity contribution in [2.75, 3.05) is 0 Å². The van der Waals surface area contributed by atoms with E-state index in [1.807, 2.05) is 0 Å². The van der Waals surface area contributed by atoms with Crippen molar-refractivity contribution in [2.24, 2.45) is 0 Å². The minimum Gasteiger partial charge on any atom is -0.870 e. The van der Waals surface area contributed by atoms with Gasteiger partial charge in [-0.15, -0.1) is 0 Å². The van der Waals surface area contributed by atoms with Gasteiger partial charge < -0.3 is 21.9 Å². The first kappa shape index (κ1) is 218. The molecule has 0 saturated heterocycles. The van der Waals surface area contributed by atoms with Crippen LogP contribution in [0.1, 0.15) is 0 Å². The molecule has 0 amide bonds. The second kappa shape index (κ2) is 131. The van der Waals surface area contributed by atoms with Crippen LogP contribution in [-0.2, 0) is 16.5 Å². The van der Waals surface area contributed by atoms with Crippen LogP contribution in [0.3, 0.4) is 0 Å². The van der Waals surface area contributed by atoms with Gasteiger partial charge in [-0.05, 0) is 0 Å². The molecule has 0 aromatic heterocycles. The van der Waals surface area contributed by atoms with Crippen LogP contribution in [0.2, 0.25) is 0 Å². The Kier molecular flexibility index (Phi) is 4770. The van der Waals surface area contributed by atoms with Crippen molar-refractivity contribution in [3.05, 3.63) is 0 Å². The molecule has 0 aliphatic rings. The Hall–Kier alpha value is 1.10. The first-order valence-electron chi connectivity index (χ1n) is 0. The van der Waals surface area contributed by atoms with Gasteiger partial charge in [-0.25, -0.2) is 0 Å². The standard InChI is InChI=1S/Mg.Ni.4H2O/h;;4*1H2/q2*+2;;;;/p-4. The predicted molar refractivity (Wildman–Crippen MR) is 13.5 cm³/mol. The molecule has 6 heavy (non-hydrogen) atoms. The molecule has 0 aromatic carbocycles. The van der Waals surface area contributed by atoms with E-state index in [2.05, 4.69) is 0 Å². The largest absolute Gasteiger partial charge is 2.00 e. The summed E-state index contributed by atoms with van der Waals surface area (Å²) in [7, 11) is 0. The Balaban J connectivity index is 0. The van der Waals surface area contributed by atoms with Crippen LogP contribution in [0.15, 0.2) is 0 Å². The van der Waals surface area contributed by atoms with Crippen LogP contribution in [0, 0.1) is 0 Å². The predicted octanol–water partition coefficient (Wildman–Crippen LogP) is -1.09. The van der Waals surface area contributed by atoms with Crippen molar-refractivity contribution in [2.45, 2.75) is 0 Å². The molecule has 40 valence electrons. The van der Waals surface area contributed by atoms with Crippen LogP contribution in [0.25, 0.3) is 0 Å². The molecule has 6 heteroatoms. The van der Waals surface area contributed by atoms with Crippen molar-refractivity contribution >= 4 is 23.1 Å². The molecule has 0 bridgehead atoms. The van der Waals surface area contributed by atoms with E-state index in [1.165, 1.54) is 0 Å². The first-order chi connectivity index (χ1) is 0. The van der Waals surface area contributed by atoms with Crippen molar-refractivity contribution in [1.29, 1.82) is 0 Å². The smallest absolute Gasteiger partial charge is 0.870 e. The van der Waals surface area contributed by atoms with E-state index >= 15 is 0 Å². The molecule has 0 aliphatic heterocycles. The summed E-state index contributed by atoms with van der Waals surface area (Å²) < 4.78 is 0. The van der Waals surface area contributed by atoms with E-state index in [4.69, 9.17) is 0 Å². The molecular weight excluding hydrogens is 147 g/mol. The molecule has 0 saturated carbocycles. The van der Waals surface area contributed by atoms with Crippen LogP contribution in [-0.4, -0.2) is 45.0 Å². The molecule has 0 heterocycles. The van der Waals surface area contributed by atoms with E-state index in [-0.39, 0.29) is 61.4 Å². The van der Waals surface area contributed by atoms with E-state index in [1.54, 1.807) is 0 Å². The quantitative estimate of drug-likeness (QED) is 0.408. The van der Waals surface area contributed by atoms with Gasteiger partial charge in [0.25, 0.3) is 0 Å². The zero-order valence-electron chi connectivity index (χ0n) is 2.81. The van der Waals surface area contributed by atoms with E-state index in [9.17, 15) is 0 Å². The van der Waals surface area contributed by atoms with Crippen LogP contribution < -0.4 is 0 Å². The maximum Gasteiger partial charge on any atom is 2.00 e. The fourth-order valence-corrected chi connectivity index (χ4v) is 0. The summed E-state index contributed by atoms with van der Waals surface area (Å²) >= 11 is 0. The topological polar surface area (TPSA) is 120 Å². The van der Waals surface area contributed by atoms with Crippen LogP contribution >= 0.6 is 0 Å². The van der Waals surface area contributed by atoms with E-state index < -0.39 is 0 Å². The Morgan fingerprint density at radius 2 is 0.500 bits per heavy atom. The van der Waals surface area contributed by atoms with E-state index in [0.717, 1.165) is 0 Å². The molecule has 0 spiro atoms. The van der Waals surface area contributed by atoms with Crippen molar-refractivity contribution in [3.8, 4) is 0 Å². The van der Waals surface area contributed by atoms with Gasteiger partial charge in [0.2, 0.25) is 0 Å². The zero-order valence-corrected chi connectivity index (χ0v) is 5.21. The monoisotopic (exact) mass is 150 g/mol. The molecule has 0 aliphatic carbocycles. The fraction of sp³-hybridized carbons (Fsp3) is 0. The summed E-state index contributed by atoms with van der Waals surface area (Å²) in [5.74, 6) is 0. The van der Waals surface area contributed by atoms with Gasteiger partial charge in [0.1, 0.15) is 0 Å². The van der Waals surface area contributed by atoms with E-state index in [0.29, 0.717) is 0 Å². The van der Waals surface area contributed by atoms with Crippen molar-refractivity contribution in [3.63, 3.8) is 0 Å². The summed E-state index contributed by atoms with van der Waals surface area (Å²) in [6.07, 6.45) is 0. The summed E-state index contributed by atoms with van der Waals surface area (Å²) in [5, 5.41) is 0. The third-order valence-electron chi connectivity index (χ3n) is 0. The third-order valence-corrected chi connectivity index (χ3v) is 0. The molecule has 4 N–H and O–H groups in total. The SMILES string of the molecule is [Mg+2].[Ni+2].[OH-].[OH-].[OH-].[OH-].